The van der Waals surface area contributed by atoms with E-state index in [1.807, 2.05) is 6.07 Å². The molecule has 0 aromatic heterocycles. The lowest BCUT2D eigenvalue weighted by Gasteiger charge is -2.15. The molecule has 2 nitrogen and oxygen atoms in total. The van der Waals surface area contributed by atoms with Crippen molar-refractivity contribution in [3.63, 3.8) is 0 Å². The number of hydrogen-bond donors (Lipinski definition) is 1. The molecule has 2 unspecified atom stereocenters. The summed E-state index contributed by atoms with van der Waals surface area (Å²) < 4.78 is 5.76. The van der Waals surface area contributed by atoms with Crippen molar-refractivity contribution < 1.29 is 4.74 Å². The molecule has 1 N–H and O–H groups in total. The maximum Gasteiger partial charge on any atom is 0.143 e. The fraction of sp³-hybridized carbons (Fsp3) is 0.500. The van der Waals surface area contributed by atoms with Crippen molar-refractivity contribution >= 4 is 11.6 Å². The summed E-state index contributed by atoms with van der Waals surface area (Å²) in [5, 5.41) is 4.14. The summed E-state index contributed by atoms with van der Waals surface area (Å²) in [4.78, 5) is 0. The molecule has 82 valence electrons. The predicted octanol–water partition coefficient (Wildman–Crippen LogP) is 3.08. The average Bonchev–Trinajstić information content (AvgIpc) is 2.46. The summed E-state index contributed by atoms with van der Waals surface area (Å²) in [6.07, 6.45) is 0.152. The molecule has 1 aromatic carbocycles. The largest absolute Gasteiger partial charge is 0.487 e. The molecule has 0 spiro atoms. The zero-order chi connectivity index (χ0) is 11.0. The molecule has 0 amide bonds. The number of likely N-dealkylation sites (N-methyl/N-ethyl adjacent to an activating group) is 1. The molecule has 0 fully saturated rings. The summed E-state index contributed by atoms with van der Waals surface area (Å²) in [7, 11) is 0. The van der Waals surface area contributed by atoms with Gasteiger partial charge in [-0.05, 0) is 32.0 Å². The van der Waals surface area contributed by atoms with Gasteiger partial charge in [0.15, 0.2) is 0 Å². The maximum absolute atomic E-state index is 6.15. The van der Waals surface area contributed by atoms with E-state index in [2.05, 4.69) is 32.2 Å². The van der Waals surface area contributed by atoms with E-state index < -0.39 is 0 Å². The second-order valence-electron chi connectivity index (χ2n) is 4.02. The molecule has 1 heterocycles. The van der Waals surface area contributed by atoms with Crippen LogP contribution in [0.1, 0.15) is 31.0 Å². The number of ether oxygens (including phenoxy) is 1. The Morgan fingerprint density at radius 2 is 2.20 bits per heavy atom. The van der Waals surface area contributed by atoms with Crippen LogP contribution in [0.2, 0.25) is 5.02 Å². The van der Waals surface area contributed by atoms with Gasteiger partial charge in [0.25, 0.3) is 0 Å². The van der Waals surface area contributed by atoms with Crippen molar-refractivity contribution in [2.24, 2.45) is 0 Å². The molecule has 1 aliphatic heterocycles. The molecule has 2 rings (SSSR count). The van der Waals surface area contributed by atoms with Gasteiger partial charge in [0.05, 0.1) is 11.1 Å². The number of rotatable bonds is 2. The maximum atomic E-state index is 6.15. The van der Waals surface area contributed by atoms with Gasteiger partial charge in [0, 0.05) is 5.56 Å². The van der Waals surface area contributed by atoms with Gasteiger partial charge in [-0.25, -0.2) is 0 Å². The molecule has 2 atom stereocenters. The Hall–Kier alpha value is -0.730. The number of fused-ring (bicyclic) bond motifs is 1. The van der Waals surface area contributed by atoms with E-state index in [0.29, 0.717) is 0 Å². The van der Waals surface area contributed by atoms with Crippen LogP contribution in [0.15, 0.2) is 12.1 Å². The van der Waals surface area contributed by atoms with E-state index in [0.717, 1.165) is 17.3 Å². The Morgan fingerprint density at radius 3 is 2.87 bits per heavy atom. The van der Waals surface area contributed by atoms with E-state index in [9.17, 15) is 0 Å². The minimum Gasteiger partial charge on any atom is -0.487 e. The molecule has 0 bridgehead atoms. The number of benzene rings is 1. The number of halogens is 1. The SMILES string of the molecule is CCNC1c2cc(C)cc(Cl)c2OC1C. The van der Waals surface area contributed by atoms with E-state index in [4.69, 9.17) is 16.3 Å². The molecule has 0 radical (unpaired) electrons. The summed E-state index contributed by atoms with van der Waals surface area (Å²) >= 11 is 6.15. The highest BCUT2D eigenvalue weighted by Crippen LogP contribution is 2.42. The van der Waals surface area contributed by atoms with E-state index >= 15 is 0 Å². The third-order valence-electron chi connectivity index (χ3n) is 2.75. The van der Waals surface area contributed by atoms with Crippen molar-refractivity contribution in [2.45, 2.75) is 32.9 Å². The van der Waals surface area contributed by atoms with Crippen molar-refractivity contribution in [1.29, 1.82) is 0 Å². The van der Waals surface area contributed by atoms with Crippen LogP contribution >= 0.6 is 11.6 Å². The first-order valence-corrected chi connectivity index (χ1v) is 5.71. The molecule has 0 saturated carbocycles. The van der Waals surface area contributed by atoms with Gasteiger partial charge in [0.1, 0.15) is 11.9 Å². The Kier molecular flexibility index (Phi) is 2.89. The van der Waals surface area contributed by atoms with Gasteiger partial charge in [-0.3, -0.25) is 0 Å². The zero-order valence-corrected chi connectivity index (χ0v) is 10.1. The number of hydrogen-bond acceptors (Lipinski definition) is 2. The standard InChI is InChI=1S/C12H16ClNO/c1-4-14-11-8(3)15-12-9(11)5-7(2)6-10(12)13/h5-6,8,11,14H,4H2,1-3H3. The van der Waals surface area contributed by atoms with Gasteiger partial charge >= 0.3 is 0 Å². The third-order valence-corrected chi connectivity index (χ3v) is 3.03. The van der Waals surface area contributed by atoms with Crippen LogP contribution in [-0.4, -0.2) is 12.6 Å². The first kappa shape index (κ1) is 10.8. The molecular formula is C12H16ClNO. The Bertz CT molecular complexity index is 378. The average molecular weight is 226 g/mol. The number of aryl methyl sites for hydroxylation is 1. The fourth-order valence-corrected chi connectivity index (χ4v) is 2.44. The van der Waals surface area contributed by atoms with Crippen molar-refractivity contribution in [2.75, 3.05) is 6.54 Å². The zero-order valence-electron chi connectivity index (χ0n) is 9.30. The van der Waals surface area contributed by atoms with E-state index in [-0.39, 0.29) is 12.1 Å². The Labute approximate surface area is 95.6 Å². The van der Waals surface area contributed by atoms with E-state index in [1.165, 1.54) is 11.1 Å². The molecule has 0 aliphatic carbocycles. The van der Waals surface area contributed by atoms with Crippen LogP contribution in [-0.2, 0) is 0 Å². The first-order valence-electron chi connectivity index (χ1n) is 5.33. The topological polar surface area (TPSA) is 21.3 Å². The van der Waals surface area contributed by atoms with E-state index in [1.54, 1.807) is 0 Å². The molecule has 1 aliphatic rings. The van der Waals surface area contributed by atoms with Crippen LogP contribution in [0.3, 0.4) is 0 Å². The van der Waals surface area contributed by atoms with Crippen LogP contribution in [0.5, 0.6) is 5.75 Å². The normalized spacial score (nSPS) is 23.7. The monoisotopic (exact) mass is 225 g/mol. The summed E-state index contributed by atoms with van der Waals surface area (Å²) in [5.41, 5.74) is 2.37. The highest BCUT2D eigenvalue weighted by Gasteiger charge is 2.32. The third kappa shape index (κ3) is 1.84. The Morgan fingerprint density at radius 1 is 1.47 bits per heavy atom. The van der Waals surface area contributed by atoms with Crippen LogP contribution < -0.4 is 10.1 Å². The van der Waals surface area contributed by atoms with Gasteiger partial charge in [0.2, 0.25) is 0 Å². The second kappa shape index (κ2) is 4.03. The molecule has 1 aromatic rings. The van der Waals surface area contributed by atoms with Crippen LogP contribution in [0.4, 0.5) is 0 Å². The Balaban J connectivity index is 2.43. The smallest absolute Gasteiger partial charge is 0.143 e. The molecule has 15 heavy (non-hydrogen) atoms. The molecule has 0 saturated heterocycles. The van der Waals surface area contributed by atoms with Crippen molar-refractivity contribution in [1.82, 2.24) is 5.32 Å². The second-order valence-corrected chi connectivity index (χ2v) is 4.43. The van der Waals surface area contributed by atoms with Crippen molar-refractivity contribution in [3.05, 3.63) is 28.3 Å². The summed E-state index contributed by atoms with van der Waals surface area (Å²) in [6, 6.07) is 4.36. The fourth-order valence-electron chi connectivity index (χ4n) is 2.11. The first-order chi connectivity index (χ1) is 7.13. The van der Waals surface area contributed by atoms with Crippen molar-refractivity contribution in [3.8, 4) is 5.75 Å². The van der Waals surface area contributed by atoms with Gasteiger partial charge < -0.3 is 10.1 Å². The molecular weight excluding hydrogens is 210 g/mol. The van der Waals surface area contributed by atoms with Crippen LogP contribution in [0.25, 0.3) is 0 Å². The quantitative estimate of drug-likeness (QED) is 0.835. The minimum atomic E-state index is 0.152. The molecule has 3 heteroatoms. The van der Waals surface area contributed by atoms with Gasteiger partial charge in [-0.2, -0.15) is 0 Å². The lowest BCUT2D eigenvalue weighted by molar-refractivity contribution is 0.211. The predicted molar refractivity (Wildman–Crippen MR) is 62.7 cm³/mol. The highest BCUT2D eigenvalue weighted by molar-refractivity contribution is 6.32. The van der Waals surface area contributed by atoms with Gasteiger partial charge in [-0.1, -0.05) is 24.6 Å². The minimum absolute atomic E-state index is 0.152. The van der Waals surface area contributed by atoms with Crippen LogP contribution in [0, 0.1) is 6.92 Å². The van der Waals surface area contributed by atoms with Gasteiger partial charge in [-0.15, -0.1) is 0 Å². The highest BCUT2D eigenvalue weighted by atomic mass is 35.5. The number of nitrogens with one attached hydrogen (secondary N) is 1. The summed E-state index contributed by atoms with van der Waals surface area (Å²) in [6.45, 7) is 7.16. The lowest BCUT2D eigenvalue weighted by Crippen LogP contribution is -2.28. The lowest BCUT2D eigenvalue weighted by atomic mass is 10.0. The summed E-state index contributed by atoms with van der Waals surface area (Å²) in [5.74, 6) is 0.848.